The maximum atomic E-state index is 12.1. The van der Waals surface area contributed by atoms with Crippen LogP contribution in [0.1, 0.15) is 54.9 Å². The molecule has 1 amide bonds. The van der Waals surface area contributed by atoms with Crippen molar-refractivity contribution in [2.24, 2.45) is 0 Å². The second kappa shape index (κ2) is 5.85. The minimum atomic E-state index is 0.0900. The first-order chi connectivity index (χ1) is 8.29. The highest BCUT2D eigenvalue weighted by molar-refractivity contribution is 5.94. The van der Waals surface area contributed by atoms with Gasteiger partial charge in [-0.05, 0) is 37.0 Å². The molecular weight excluding hydrogens is 210 g/mol. The zero-order chi connectivity index (χ0) is 12.1. The molecule has 0 saturated heterocycles. The fourth-order valence-corrected chi connectivity index (χ4v) is 2.45. The molecule has 1 aromatic carbocycles. The van der Waals surface area contributed by atoms with Crippen LogP contribution in [0.15, 0.2) is 24.3 Å². The first kappa shape index (κ1) is 12.2. The van der Waals surface area contributed by atoms with Crippen molar-refractivity contribution < 1.29 is 4.79 Å². The molecule has 1 fully saturated rings. The summed E-state index contributed by atoms with van der Waals surface area (Å²) >= 11 is 0. The Hall–Kier alpha value is -1.31. The van der Waals surface area contributed by atoms with Crippen molar-refractivity contribution in [3.8, 4) is 0 Å². The summed E-state index contributed by atoms with van der Waals surface area (Å²) in [6, 6.07) is 8.32. The molecular formula is C15H21NO. The van der Waals surface area contributed by atoms with Crippen LogP contribution in [0, 0.1) is 0 Å². The third kappa shape index (κ3) is 3.32. The van der Waals surface area contributed by atoms with Gasteiger partial charge in [-0.1, -0.05) is 38.3 Å². The topological polar surface area (TPSA) is 29.1 Å². The highest BCUT2D eigenvalue weighted by Crippen LogP contribution is 2.18. The van der Waals surface area contributed by atoms with Gasteiger partial charge in [0.1, 0.15) is 0 Å². The molecule has 0 spiro atoms. The van der Waals surface area contributed by atoms with Crippen LogP contribution in [0.3, 0.4) is 0 Å². The summed E-state index contributed by atoms with van der Waals surface area (Å²) in [5, 5.41) is 3.15. The minimum absolute atomic E-state index is 0.0900. The number of amides is 1. The predicted molar refractivity (Wildman–Crippen MR) is 70.2 cm³/mol. The van der Waals surface area contributed by atoms with Crippen molar-refractivity contribution in [1.82, 2.24) is 5.32 Å². The van der Waals surface area contributed by atoms with Gasteiger partial charge in [0.25, 0.3) is 5.91 Å². The standard InChI is InChI=1S/C15H21NO/c1-2-12-7-6-8-13(11-12)15(17)16-14-9-4-3-5-10-14/h6-8,11,14H,2-5,9-10H2,1H3,(H,16,17). The predicted octanol–water partition coefficient (Wildman–Crippen LogP) is 3.31. The molecule has 92 valence electrons. The van der Waals surface area contributed by atoms with Crippen LogP contribution in [0.2, 0.25) is 0 Å². The molecule has 1 aromatic rings. The molecule has 1 aliphatic carbocycles. The van der Waals surface area contributed by atoms with Gasteiger partial charge in [0, 0.05) is 11.6 Å². The van der Waals surface area contributed by atoms with Crippen LogP contribution in [0.25, 0.3) is 0 Å². The van der Waals surface area contributed by atoms with E-state index in [4.69, 9.17) is 0 Å². The van der Waals surface area contributed by atoms with Gasteiger partial charge >= 0.3 is 0 Å². The summed E-state index contributed by atoms with van der Waals surface area (Å²) in [5.41, 5.74) is 2.02. The van der Waals surface area contributed by atoms with E-state index in [1.807, 2.05) is 18.2 Å². The highest BCUT2D eigenvalue weighted by atomic mass is 16.1. The van der Waals surface area contributed by atoms with E-state index in [2.05, 4.69) is 18.3 Å². The number of carbonyl (C=O) groups is 1. The van der Waals surface area contributed by atoms with E-state index in [1.165, 1.54) is 24.8 Å². The van der Waals surface area contributed by atoms with Crippen molar-refractivity contribution in [2.75, 3.05) is 0 Å². The van der Waals surface area contributed by atoms with E-state index < -0.39 is 0 Å². The molecule has 17 heavy (non-hydrogen) atoms. The molecule has 1 N–H and O–H groups in total. The lowest BCUT2D eigenvalue weighted by atomic mass is 9.95. The Morgan fingerprint density at radius 3 is 2.76 bits per heavy atom. The molecule has 1 aliphatic rings. The molecule has 0 aliphatic heterocycles. The average Bonchev–Trinajstić information content (AvgIpc) is 2.40. The van der Waals surface area contributed by atoms with E-state index in [9.17, 15) is 4.79 Å². The third-order valence-corrected chi connectivity index (χ3v) is 3.54. The van der Waals surface area contributed by atoms with Crippen molar-refractivity contribution >= 4 is 5.91 Å². The Morgan fingerprint density at radius 2 is 2.06 bits per heavy atom. The van der Waals surface area contributed by atoms with Crippen molar-refractivity contribution in [3.05, 3.63) is 35.4 Å². The van der Waals surface area contributed by atoms with Gasteiger partial charge in [-0.25, -0.2) is 0 Å². The quantitative estimate of drug-likeness (QED) is 0.849. The van der Waals surface area contributed by atoms with Crippen LogP contribution < -0.4 is 5.32 Å². The lowest BCUT2D eigenvalue weighted by Gasteiger charge is -2.22. The SMILES string of the molecule is CCc1cccc(C(=O)NC2CCCCC2)c1. The van der Waals surface area contributed by atoms with Crippen molar-refractivity contribution in [2.45, 2.75) is 51.5 Å². The van der Waals surface area contributed by atoms with E-state index in [0.717, 1.165) is 24.8 Å². The van der Waals surface area contributed by atoms with E-state index in [-0.39, 0.29) is 5.91 Å². The number of aryl methyl sites for hydroxylation is 1. The van der Waals surface area contributed by atoms with Crippen LogP contribution >= 0.6 is 0 Å². The fourth-order valence-electron chi connectivity index (χ4n) is 2.45. The normalized spacial score (nSPS) is 16.8. The molecule has 0 aromatic heterocycles. The Balaban J connectivity index is 1.98. The maximum absolute atomic E-state index is 12.1. The smallest absolute Gasteiger partial charge is 0.251 e. The second-order valence-corrected chi connectivity index (χ2v) is 4.86. The fraction of sp³-hybridized carbons (Fsp3) is 0.533. The Kier molecular flexibility index (Phi) is 4.18. The first-order valence-electron chi connectivity index (χ1n) is 6.69. The van der Waals surface area contributed by atoms with Crippen LogP contribution in [0.5, 0.6) is 0 Å². The Bertz CT molecular complexity index is 380. The molecule has 0 unspecified atom stereocenters. The van der Waals surface area contributed by atoms with Gasteiger partial charge < -0.3 is 5.32 Å². The van der Waals surface area contributed by atoms with Crippen LogP contribution in [-0.2, 0) is 6.42 Å². The number of hydrogen-bond acceptors (Lipinski definition) is 1. The van der Waals surface area contributed by atoms with Crippen LogP contribution in [0.4, 0.5) is 0 Å². The number of nitrogens with one attached hydrogen (secondary N) is 1. The summed E-state index contributed by atoms with van der Waals surface area (Å²) < 4.78 is 0. The largest absolute Gasteiger partial charge is 0.349 e. The van der Waals surface area contributed by atoms with Gasteiger partial charge in [0.15, 0.2) is 0 Å². The summed E-state index contributed by atoms with van der Waals surface area (Å²) in [5.74, 6) is 0.0900. The number of carbonyl (C=O) groups excluding carboxylic acids is 1. The Morgan fingerprint density at radius 1 is 1.29 bits per heavy atom. The highest BCUT2D eigenvalue weighted by Gasteiger charge is 2.16. The monoisotopic (exact) mass is 231 g/mol. The zero-order valence-electron chi connectivity index (χ0n) is 10.5. The van der Waals surface area contributed by atoms with E-state index >= 15 is 0 Å². The third-order valence-electron chi connectivity index (χ3n) is 3.54. The average molecular weight is 231 g/mol. The second-order valence-electron chi connectivity index (χ2n) is 4.86. The number of benzene rings is 1. The number of hydrogen-bond donors (Lipinski definition) is 1. The molecule has 2 nitrogen and oxygen atoms in total. The molecule has 2 rings (SSSR count). The molecule has 2 heteroatoms. The maximum Gasteiger partial charge on any atom is 0.251 e. The van der Waals surface area contributed by atoms with Crippen molar-refractivity contribution in [3.63, 3.8) is 0 Å². The summed E-state index contributed by atoms with van der Waals surface area (Å²) in [4.78, 5) is 12.1. The van der Waals surface area contributed by atoms with Gasteiger partial charge in [-0.3, -0.25) is 4.79 Å². The molecule has 0 bridgehead atoms. The molecule has 0 atom stereocenters. The summed E-state index contributed by atoms with van der Waals surface area (Å²) in [6.45, 7) is 2.11. The van der Waals surface area contributed by atoms with Gasteiger partial charge in [0.2, 0.25) is 0 Å². The van der Waals surface area contributed by atoms with Gasteiger partial charge in [0.05, 0.1) is 0 Å². The van der Waals surface area contributed by atoms with Crippen molar-refractivity contribution in [1.29, 1.82) is 0 Å². The number of rotatable bonds is 3. The first-order valence-corrected chi connectivity index (χ1v) is 6.69. The summed E-state index contributed by atoms with van der Waals surface area (Å²) in [6.07, 6.45) is 7.07. The minimum Gasteiger partial charge on any atom is -0.349 e. The summed E-state index contributed by atoms with van der Waals surface area (Å²) in [7, 11) is 0. The Labute approximate surface area is 103 Å². The van der Waals surface area contributed by atoms with Gasteiger partial charge in [-0.2, -0.15) is 0 Å². The molecule has 0 heterocycles. The molecule has 1 saturated carbocycles. The van der Waals surface area contributed by atoms with Gasteiger partial charge in [-0.15, -0.1) is 0 Å². The molecule has 0 radical (unpaired) electrons. The van der Waals surface area contributed by atoms with Crippen LogP contribution in [-0.4, -0.2) is 11.9 Å². The lowest BCUT2D eigenvalue weighted by Crippen LogP contribution is -2.36. The zero-order valence-corrected chi connectivity index (χ0v) is 10.5. The van der Waals surface area contributed by atoms with E-state index in [0.29, 0.717) is 6.04 Å². The van der Waals surface area contributed by atoms with E-state index in [1.54, 1.807) is 0 Å². The lowest BCUT2D eigenvalue weighted by molar-refractivity contribution is 0.0927.